The average Bonchev–Trinajstić information content (AvgIpc) is 2.68. The summed E-state index contributed by atoms with van der Waals surface area (Å²) < 4.78 is 0. The number of rotatable bonds is 0. The summed E-state index contributed by atoms with van der Waals surface area (Å²) in [6, 6.07) is 0. The fourth-order valence-corrected chi connectivity index (χ4v) is 6.04. The quantitative estimate of drug-likeness (QED) is 0.507. The van der Waals surface area contributed by atoms with Crippen LogP contribution >= 0.6 is 0 Å². The van der Waals surface area contributed by atoms with Crippen LogP contribution in [0.5, 0.6) is 0 Å². The van der Waals surface area contributed by atoms with E-state index in [1.807, 2.05) is 0 Å². The van der Waals surface area contributed by atoms with Gasteiger partial charge in [0, 0.05) is 0 Å². The summed E-state index contributed by atoms with van der Waals surface area (Å²) in [6.45, 7) is 9.91. The molecule has 0 aromatic carbocycles. The van der Waals surface area contributed by atoms with Crippen molar-refractivity contribution in [3.05, 3.63) is 11.6 Å². The van der Waals surface area contributed by atoms with Crippen LogP contribution in [0.1, 0.15) is 59.8 Å². The van der Waals surface area contributed by atoms with E-state index in [1.165, 1.54) is 32.1 Å². The van der Waals surface area contributed by atoms with E-state index in [4.69, 9.17) is 0 Å². The molecule has 3 rings (SSSR count). The first kappa shape index (κ1) is 9.93. The van der Waals surface area contributed by atoms with Gasteiger partial charge in [-0.2, -0.15) is 0 Å². The largest absolute Gasteiger partial charge is 0.0788 e. The van der Waals surface area contributed by atoms with Crippen LogP contribution in [0.4, 0.5) is 0 Å². The van der Waals surface area contributed by atoms with Gasteiger partial charge in [-0.3, -0.25) is 0 Å². The molecule has 0 aromatic heterocycles. The smallest absolute Gasteiger partial charge is 0.00235 e. The molecular weight excluding hydrogens is 180 g/mol. The lowest BCUT2D eigenvalue weighted by Gasteiger charge is -2.48. The van der Waals surface area contributed by atoms with Gasteiger partial charge in [-0.1, -0.05) is 38.8 Å². The Morgan fingerprint density at radius 1 is 1.20 bits per heavy atom. The molecule has 0 N–H and O–H groups in total. The molecule has 3 atom stereocenters. The normalized spacial score (nSPS) is 51.5. The maximum atomic E-state index is 2.61. The second-order valence-corrected chi connectivity index (χ2v) is 6.90. The SMILES string of the molecule is CC1=CC(C)(C)[C@]23CCC[C@]12CC[C@H]3C. The zero-order valence-corrected chi connectivity index (χ0v) is 10.7. The summed E-state index contributed by atoms with van der Waals surface area (Å²) in [5.41, 5.74) is 3.43. The van der Waals surface area contributed by atoms with Crippen LogP contribution in [0.15, 0.2) is 11.6 Å². The molecule has 0 aliphatic heterocycles. The van der Waals surface area contributed by atoms with Crippen LogP contribution in [0.2, 0.25) is 0 Å². The van der Waals surface area contributed by atoms with E-state index in [9.17, 15) is 0 Å². The minimum Gasteiger partial charge on any atom is -0.0788 e. The van der Waals surface area contributed by atoms with E-state index >= 15 is 0 Å². The maximum Gasteiger partial charge on any atom is -0.00235 e. The van der Waals surface area contributed by atoms with Crippen LogP contribution in [0.25, 0.3) is 0 Å². The van der Waals surface area contributed by atoms with Gasteiger partial charge in [0.05, 0.1) is 0 Å². The first-order valence-electron chi connectivity index (χ1n) is 6.66. The van der Waals surface area contributed by atoms with Gasteiger partial charge in [0.15, 0.2) is 0 Å². The molecule has 0 heterocycles. The fourth-order valence-electron chi connectivity index (χ4n) is 6.04. The second kappa shape index (κ2) is 2.52. The van der Waals surface area contributed by atoms with Crippen LogP contribution in [0.3, 0.4) is 0 Å². The molecule has 3 aliphatic rings. The molecule has 2 saturated carbocycles. The summed E-state index contributed by atoms with van der Waals surface area (Å²) in [4.78, 5) is 0. The van der Waals surface area contributed by atoms with Gasteiger partial charge in [-0.15, -0.1) is 0 Å². The molecule has 84 valence electrons. The topological polar surface area (TPSA) is 0 Å². The molecule has 0 nitrogen and oxygen atoms in total. The van der Waals surface area contributed by atoms with Gasteiger partial charge in [0.25, 0.3) is 0 Å². The summed E-state index contributed by atoms with van der Waals surface area (Å²) in [6.07, 6.45) is 9.98. The third-order valence-electron chi connectivity index (χ3n) is 6.36. The maximum absolute atomic E-state index is 2.61. The molecular formula is C15H24. The van der Waals surface area contributed by atoms with Crippen LogP contribution in [-0.2, 0) is 0 Å². The average molecular weight is 204 g/mol. The van der Waals surface area contributed by atoms with E-state index in [2.05, 4.69) is 33.8 Å². The van der Waals surface area contributed by atoms with Gasteiger partial charge in [-0.05, 0) is 54.8 Å². The highest BCUT2D eigenvalue weighted by atomic mass is 14.7. The van der Waals surface area contributed by atoms with Gasteiger partial charge in [-0.25, -0.2) is 0 Å². The molecule has 0 aromatic rings. The van der Waals surface area contributed by atoms with E-state index in [0.717, 1.165) is 5.92 Å². The lowest BCUT2D eigenvalue weighted by Crippen LogP contribution is -2.42. The molecule has 15 heavy (non-hydrogen) atoms. The lowest BCUT2D eigenvalue weighted by atomic mass is 9.56. The summed E-state index contributed by atoms with van der Waals surface area (Å²) >= 11 is 0. The predicted molar refractivity (Wildman–Crippen MR) is 64.7 cm³/mol. The summed E-state index contributed by atoms with van der Waals surface area (Å²) in [5, 5.41) is 0. The molecule has 0 heteroatoms. The van der Waals surface area contributed by atoms with Crippen molar-refractivity contribution in [1.29, 1.82) is 0 Å². The number of allylic oxidation sites excluding steroid dienone is 2. The minimum atomic E-state index is 0.448. The van der Waals surface area contributed by atoms with Crippen molar-refractivity contribution in [2.75, 3.05) is 0 Å². The first-order valence-corrected chi connectivity index (χ1v) is 6.66. The Morgan fingerprint density at radius 2 is 1.93 bits per heavy atom. The standard InChI is InChI=1S/C15H24/c1-11-6-9-14-7-5-8-15(11,14)13(3,4)10-12(14)2/h10-11H,5-9H2,1-4H3/t11-,14+,15-/m1/s1. The van der Waals surface area contributed by atoms with Crippen molar-refractivity contribution in [3.63, 3.8) is 0 Å². The van der Waals surface area contributed by atoms with Crippen molar-refractivity contribution in [1.82, 2.24) is 0 Å². The Bertz CT molecular complexity index is 336. The Kier molecular flexibility index (Phi) is 1.67. The Morgan fingerprint density at radius 3 is 2.60 bits per heavy atom. The van der Waals surface area contributed by atoms with Crippen LogP contribution in [-0.4, -0.2) is 0 Å². The third-order valence-corrected chi connectivity index (χ3v) is 6.36. The van der Waals surface area contributed by atoms with Gasteiger partial charge in [0.2, 0.25) is 0 Å². The Hall–Kier alpha value is -0.260. The summed E-state index contributed by atoms with van der Waals surface area (Å²) in [7, 11) is 0. The van der Waals surface area contributed by atoms with Crippen molar-refractivity contribution in [2.24, 2.45) is 22.2 Å². The summed E-state index contributed by atoms with van der Waals surface area (Å²) in [5.74, 6) is 0.934. The van der Waals surface area contributed by atoms with Crippen LogP contribution < -0.4 is 0 Å². The van der Waals surface area contributed by atoms with E-state index in [1.54, 1.807) is 5.57 Å². The van der Waals surface area contributed by atoms with Crippen molar-refractivity contribution < 1.29 is 0 Å². The van der Waals surface area contributed by atoms with Gasteiger partial charge >= 0.3 is 0 Å². The van der Waals surface area contributed by atoms with Crippen molar-refractivity contribution >= 4 is 0 Å². The Balaban J connectivity index is 2.23. The molecule has 0 radical (unpaired) electrons. The lowest BCUT2D eigenvalue weighted by molar-refractivity contribution is 0.0224. The zero-order chi connectivity index (χ0) is 10.9. The number of hydrogen-bond acceptors (Lipinski definition) is 0. The molecule has 2 fully saturated rings. The molecule has 0 amide bonds. The minimum absolute atomic E-state index is 0.448. The van der Waals surface area contributed by atoms with E-state index in [0.29, 0.717) is 16.2 Å². The zero-order valence-electron chi connectivity index (χ0n) is 10.7. The first-order chi connectivity index (χ1) is 6.96. The highest BCUT2D eigenvalue weighted by Crippen LogP contribution is 2.78. The highest BCUT2D eigenvalue weighted by Gasteiger charge is 2.69. The monoisotopic (exact) mass is 204 g/mol. The van der Waals surface area contributed by atoms with Crippen molar-refractivity contribution in [3.8, 4) is 0 Å². The third kappa shape index (κ3) is 0.797. The Labute approximate surface area is 94.1 Å². The second-order valence-electron chi connectivity index (χ2n) is 6.90. The molecule has 3 aliphatic carbocycles. The van der Waals surface area contributed by atoms with E-state index in [-0.39, 0.29) is 0 Å². The van der Waals surface area contributed by atoms with Gasteiger partial charge in [0.1, 0.15) is 0 Å². The van der Waals surface area contributed by atoms with Gasteiger partial charge < -0.3 is 0 Å². The predicted octanol–water partition coefficient (Wildman–Crippen LogP) is 4.56. The molecule has 0 bridgehead atoms. The van der Waals surface area contributed by atoms with E-state index < -0.39 is 0 Å². The number of hydrogen-bond donors (Lipinski definition) is 0. The molecule has 0 unspecified atom stereocenters. The fraction of sp³-hybridized carbons (Fsp3) is 0.867. The highest BCUT2D eigenvalue weighted by molar-refractivity contribution is 5.37. The molecule has 0 saturated heterocycles. The van der Waals surface area contributed by atoms with Crippen LogP contribution in [0, 0.1) is 22.2 Å². The molecule has 0 spiro atoms. The van der Waals surface area contributed by atoms with Crippen molar-refractivity contribution in [2.45, 2.75) is 59.8 Å².